The van der Waals surface area contributed by atoms with Crippen LogP contribution in [0.2, 0.25) is 5.02 Å². The summed E-state index contributed by atoms with van der Waals surface area (Å²) in [6.45, 7) is 2.04. The van der Waals surface area contributed by atoms with Crippen LogP contribution in [0.25, 0.3) is 0 Å². The number of nitrogens with one attached hydrogen (secondary N) is 1. The molecule has 0 spiro atoms. The van der Waals surface area contributed by atoms with E-state index >= 15 is 0 Å². The van der Waals surface area contributed by atoms with Crippen molar-refractivity contribution >= 4 is 28.7 Å². The predicted octanol–water partition coefficient (Wildman–Crippen LogP) is 3.97. The first-order valence-corrected chi connectivity index (χ1v) is 5.43. The Labute approximate surface area is 100 Å². The second-order valence-electron chi connectivity index (χ2n) is 3.64. The van der Waals surface area contributed by atoms with Gasteiger partial charge in [-0.15, -0.1) is 0 Å². The van der Waals surface area contributed by atoms with Crippen LogP contribution in [0.1, 0.15) is 5.56 Å². The molecule has 0 unspecified atom stereocenters. The third kappa shape index (κ3) is 2.12. The van der Waals surface area contributed by atoms with Crippen LogP contribution >= 0.6 is 11.6 Å². The van der Waals surface area contributed by atoms with Crippen LogP contribution in [0.3, 0.4) is 0 Å². The number of rotatable bonds is 2. The second kappa shape index (κ2) is 4.45. The fourth-order valence-electron chi connectivity index (χ4n) is 1.50. The van der Waals surface area contributed by atoms with Gasteiger partial charge in [0, 0.05) is 5.69 Å². The van der Waals surface area contributed by atoms with Crippen LogP contribution in [0, 0.1) is 6.92 Å². The molecular formula is C13H13ClN2. The number of halogens is 1. The maximum absolute atomic E-state index is 5.95. The first-order valence-electron chi connectivity index (χ1n) is 5.05. The van der Waals surface area contributed by atoms with Crippen molar-refractivity contribution in [2.45, 2.75) is 6.92 Å². The third-order valence-electron chi connectivity index (χ3n) is 2.47. The summed E-state index contributed by atoms with van der Waals surface area (Å²) in [5.74, 6) is 0. The van der Waals surface area contributed by atoms with Gasteiger partial charge in [-0.3, -0.25) is 0 Å². The number of nitrogens with two attached hydrogens (primary N) is 1. The van der Waals surface area contributed by atoms with E-state index in [1.54, 1.807) is 6.07 Å². The van der Waals surface area contributed by atoms with Crippen molar-refractivity contribution in [1.29, 1.82) is 0 Å². The minimum absolute atomic E-state index is 0.568. The Hall–Kier alpha value is -1.67. The summed E-state index contributed by atoms with van der Waals surface area (Å²) in [6, 6.07) is 13.6. The SMILES string of the molecule is Cc1ccccc1Nc1cccc(Cl)c1N. The minimum atomic E-state index is 0.568. The Balaban J connectivity index is 2.35. The van der Waals surface area contributed by atoms with Crippen LogP contribution in [0.15, 0.2) is 42.5 Å². The van der Waals surface area contributed by atoms with Gasteiger partial charge >= 0.3 is 0 Å². The summed E-state index contributed by atoms with van der Waals surface area (Å²) in [5.41, 5.74) is 9.50. The number of hydrogen-bond donors (Lipinski definition) is 2. The van der Waals surface area contributed by atoms with E-state index in [0.29, 0.717) is 10.7 Å². The topological polar surface area (TPSA) is 38.0 Å². The van der Waals surface area contributed by atoms with E-state index in [9.17, 15) is 0 Å². The van der Waals surface area contributed by atoms with E-state index in [2.05, 4.69) is 5.32 Å². The minimum Gasteiger partial charge on any atom is -0.396 e. The highest BCUT2D eigenvalue weighted by Gasteiger charge is 2.04. The van der Waals surface area contributed by atoms with Crippen LogP contribution in [0.5, 0.6) is 0 Å². The van der Waals surface area contributed by atoms with Crippen molar-refractivity contribution in [3.63, 3.8) is 0 Å². The van der Waals surface area contributed by atoms with Crippen molar-refractivity contribution < 1.29 is 0 Å². The summed E-state index contributed by atoms with van der Waals surface area (Å²) < 4.78 is 0. The summed E-state index contributed by atoms with van der Waals surface area (Å²) in [6.07, 6.45) is 0. The summed E-state index contributed by atoms with van der Waals surface area (Å²) in [5, 5.41) is 3.84. The van der Waals surface area contributed by atoms with E-state index in [1.165, 1.54) is 5.56 Å². The Kier molecular flexibility index (Phi) is 3.02. The third-order valence-corrected chi connectivity index (χ3v) is 2.80. The molecule has 2 aromatic carbocycles. The number of benzene rings is 2. The largest absolute Gasteiger partial charge is 0.396 e. The number of para-hydroxylation sites is 2. The number of aryl methyl sites for hydroxylation is 1. The lowest BCUT2D eigenvalue weighted by Crippen LogP contribution is -1.97. The average Bonchev–Trinajstić information content (AvgIpc) is 2.28. The van der Waals surface area contributed by atoms with Crippen LogP contribution in [-0.4, -0.2) is 0 Å². The standard InChI is InChI=1S/C13H13ClN2/c1-9-5-2-3-7-11(9)16-12-8-4-6-10(14)13(12)15/h2-8,16H,15H2,1H3. The molecule has 0 aliphatic rings. The van der Waals surface area contributed by atoms with Gasteiger partial charge in [-0.25, -0.2) is 0 Å². The lowest BCUT2D eigenvalue weighted by molar-refractivity contribution is 1.43. The zero-order valence-electron chi connectivity index (χ0n) is 9.00. The Morgan fingerprint density at radius 2 is 1.69 bits per heavy atom. The molecule has 0 aliphatic carbocycles. The van der Waals surface area contributed by atoms with Crippen molar-refractivity contribution in [1.82, 2.24) is 0 Å². The van der Waals surface area contributed by atoms with Gasteiger partial charge in [-0.2, -0.15) is 0 Å². The second-order valence-corrected chi connectivity index (χ2v) is 4.05. The molecule has 2 rings (SSSR count). The lowest BCUT2D eigenvalue weighted by atomic mass is 10.2. The van der Waals surface area contributed by atoms with Crippen molar-refractivity contribution in [3.05, 3.63) is 53.1 Å². The molecule has 2 aromatic rings. The normalized spacial score (nSPS) is 10.1. The number of hydrogen-bond acceptors (Lipinski definition) is 2. The van der Waals surface area contributed by atoms with E-state index in [1.807, 2.05) is 43.3 Å². The molecule has 0 radical (unpaired) electrons. The van der Waals surface area contributed by atoms with Gasteiger partial charge in [0.05, 0.1) is 16.4 Å². The van der Waals surface area contributed by atoms with Gasteiger partial charge in [0.25, 0.3) is 0 Å². The van der Waals surface area contributed by atoms with E-state index in [-0.39, 0.29) is 0 Å². The van der Waals surface area contributed by atoms with Crippen molar-refractivity contribution in [2.24, 2.45) is 0 Å². The fourth-order valence-corrected chi connectivity index (χ4v) is 1.68. The zero-order chi connectivity index (χ0) is 11.5. The number of anilines is 3. The Morgan fingerprint density at radius 3 is 2.44 bits per heavy atom. The molecule has 0 saturated carbocycles. The van der Waals surface area contributed by atoms with Gasteiger partial charge in [-0.05, 0) is 30.7 Å². The smallest absolute Gasteiger partial charge is 0.0742 e. The van der Waals surface area contributed by atoms with Crippen molar-refractivity contribution in [2.75, 3.05) is 11.1 Å². The molecular weight excluding hydrogens is 220 g/mol. The molecule has 3 heteroatoms. The quantitative estimate of drug-likeness (QED) is 0.769. The summed E-state index contributed by atoms with van der Waals surface area (Å²) in [4.78, 5) is 0. The molecule has 0 aliphatic heterocycles. The molecule has 0 bridgehead atoms. The zero-order valence-corrected chi connectivity index (χ0v) is 9.75. The molecule has 3 N–H and O–H groups in total. The lowest BCUT2D eigenvalue weighted by Gasteiger charge is -2.12. The predicted molar refractivity (Wildman–Crippen MR) is 70.3 cm³/mol. The molecule has 2 nitrogen and oxygen atoms in total. The highest BCUT2D eigenvalue weighted by Crippen LogP contribution is 2.30. The van der Waals surface area contributed by atoms with Crippen molar-refractivity contribution in [3.8, 4) is 0 Å². The molecule has 82 valence electrons. The first kappa shape index (κ1) is 10.8. The van der Waals surface area contributed by atoms with Gasteiger partial charge in [0.15, 0.2) is 0 Å². The molecule has 0 saturated heterocycles. The highest BCUT2D eigenvalue weighted by molar-refractivity contribution is 6.33. The first-order chi connectivity index (χ1) is 7.68. The van der Waals surface area contributed by atoms with Gasteiger partial charge in [-0.1, -0.05) is 35.9 Å². The summed E-state index contributed by atoms with van der Waals surface area (Å²) in [7, 11) is 0. The van der Waals surface area contributed by atoms with E-state index < -0.39 is 0 Å². The van der Waals surface area contributed by atoms with Gasteiger partial charge in [0.2, 0.25) is 0 Å². The molecule has 0 fully saturated rings. The van der Waals surface area contributed by atoms with E-state index in [0.717, 1.165) is 11.4 Å². The van der Waals surface area contributed by atoms with E-state index in [4.69, 9.17) is 17.3 Å². The highest BCUT2D eigenvalue weighted by atomic mass is 35.5. The monoisotopic (exact) mass is 232 g/mol. The molecule has 0 amide bonds. The Bertz CT molecular complexity index is 509. The fraction of sp³-hybridized carbons (Fsp3) is 0.0769. The van der Waals surface area contributed by atoms with Gasteiger partial charge in [0.1, 0.15) is 0 Å². The Morgan fingerprint density at radius 1 is 1.00 bits per heavy atom. The average molecular weight is 233 g/mol. The van der Waals surface area contributed by atoms with Crippen LogP contribution in [0.4, 0.5) is 17.1 Å². The molecule has 0 atom stereocenters. The van der Waals surface area contributed by atoms with Gasteiger partial charge < -0.3 is 11.1 Å². The van der Waals surface area contributed by atoms with Crippen LogP contribution in [-0.2, 0) is 0 Å². The molecule has 0 aromatic heterocycles. The molecule has 16 heavy (non-hydrogen) atoms. The van der Waals surface area contributed by atoms with Crippen LogP contribution < -0.4 is 11.1 Å². The summed E-state index contributed by atoms with van der Waals surface area (Å²) >= 11 is 5.95. The maximum atomic E-state index is 5.95. The molecule has 0 heterocycles. The number of nitrogen functional groups attached to an aromatic ring is 1. The maximum Gasteiger partial charge on any atom is 0.0742 e.